The Morgan fingerprint density at radius 1 is 1.02 bits per heavy atom. The molecule has 0 radical (unpaired) electrons. The number of carbonyl (C=O) groups is 5. The molecule has 11 heteroatoms. The minimum Gasteiger partial charge on any atom is -0.507 e. The second-order valence-electron chi connectivity index (χ2n) is 12.9. The van der Waals surface area contributed by atoms with Gasteiger partial charge in [-0.2, -0.15) is 0 Å². The SMILES string of the molecule is CCCCN(CCCC)Cc1cc(N(C)C)c2c(c1O)C(=O)C1C(=O)[C@@]3(O)C(=O)C(C(N)=O)C(=O)[C@H](N(C)C)[C@H]3C[C@H]1C2. The Balaban J connectivity index is 1.82. The Hall–Kier alpha value is -3.15. The first-order valence-electron chi connectivity index (χ1n) is 15.3. The van der Waals surface area contributed by atoms with Crippen LogP contribution < -0.4 is 10.6 Å². The average Bonchev–Trinajstić information content (AvgIpc) is 2.92. The number of Topliss-reactive ketones (excluding diaryl/α,β-unsaturated/α-hetero) is 4. The molecule has 3 aliphatic carbocycles. The lowest BCUT2D eigenvalue weighted by Crippen LogP contribution is -2.74. The molecule has 2 unspecified atom stereocenters. The number of nitrogens with zero attached hydrogens (tertiary/aromatic N) is 3. The number of aliphatic hydroxyl groups is 1. The number of hydrogen-bond donors (Lipinski definition) is 3. The van der Waals surface area contributed by atoms with Gasteiger partial charge in [-0.05, 0) is 70.4 Å². The molecule has 1 aromatic rings. The number of unbranched alkanes of at least 4 members (excludes halogenated alkanes) is 2. The van der Waals surface area contributed by atoms with Crippen molar-refractivity contribution in [3.63, 3.8) is 0 Å². The Morgan fingerprint density at radius 2 is 1.63 bits per heavy atom. The van der Waals surface area contributed by atoms with Gasteiger partial charge in [-0.25, -0.2) is 0 Å². The van der Waals surface area contributed by atoms with Crippen molar-refractivity contribution in [2.75, 3.05) is 46.2 Å². The molecule has 11 nitrogen and oxygen atoms in total. The van der Waals surface area contributed by atoms with E-state index in [1.165, 1.54) is 4.90 Å². The molecule has 0 spiro atoms. The maximum atomic E-state index is 14.3. The van der Waals surface area contributed by atoms with Crippen molar-refractivity contribution in [2.24, 2.45) is 29.4 Å². The van der Waals surface area contributed by atoms with Gasteiger partial charge < -0.3 is 20.8 Å². The van der Waals surface area contributed by atoms with Crippen molar-refractivity contribution in [3.8, 4) is 5.75 Å². The number of rotatable bonds is 11. The normalized spacial score (nSPS) is 28.6. The van der Waals surface area contributed by atoms with Crippen molar-refractivity contribution < 1.29 is 34.2 Å². The van der Waals surface area contributed by atoms with E-state index in [4.69, 9.17) is 5.73 Å². The number of primary amides is 1. The molecule has 1 aromatic carbocycles. The number of ketones is 4. The molecule has 4 rings (SSSR count). The summed E-state index contributed by atoms with van der Waals surface area (Å²) in [5.74, 6) is -10.3. The molecule has 0 bridgehead atoms. The van der Waals surface area contributed by atoms with E-state index in [0.717, 1.165) is 44.5 Å². The number of phenolic OH excluding ortho intramolecular Hbond substituents is 1. The highest BCUT2D eigenvalue weighted by molar-refractivity contribution is 6.32. The van der Waals surface area contributed by atoms with Crippen molar-refractivity contribution in [1.82, 2.24) is 9.80 Å². The number of fused-ring (bicyclic) bond motifs is 3. The Labute approximate surface area is 253 Å². The first-order chi connectivity index (χ1) is 20.2. The summed E-state index contributed by atoms with van der Waals surface area (Å²) in [5.41, 5.74) is 4.65. The standard InChI is InChI=1S/C32H46N4O7/c1-7-9-11-36(12-10-8-2)16-18-15-21(34(3)4)19-13-17-14-20-25(35(5)6)28(39)24(31(33)42)30(41)32(20,43)29(40)22(17)27(38)23(19)26(18)37/h15,17,20,22,24-25,37,43H,7-14,16H2,1-6H3,(H2,33,42)/t17-,20-,22?,24?,25-,32-/m1/s1. The molecule has 0 saturated heterocycles. The molecule has 3 aliphatic rings. The molecule has 2 saturated carbocycles. The maximum Gasteiger partial charge on any atom is 0.235 e. The van der Waals surface area contributed by atoms with Crippen molar-refractivity contribution >= 4 is 34.7 Å². The van der Waals surface area contributed by atoms with E-state index < -0.39 is 64.4 Å². The quantitative estimate of drug-likeness (QED) is 0.317. The highest BCUT2D eigenvalue weighted by Crippen LogP contribution is 2.52. The monoisotopic (exact) mass is 598 g/mol. The van der Waals surface area contributed by atoms with Gasteiger partial charge in [0.2, 0.25) is 5.91 Å². The van der Waals surface area contributed by atoms with Crippen LogP contribution in [0.2, 0.25) is 0 Å². The molecule has 236 valence electrons. The van der Waals surface area contributed by atoms with Crippen LogP contribution in [0.1, 0.15) is 67.4 Å². The van der Waals surface area contributed by atoms with Gasteiger partial charge >= 0.3 is 0 Å². The van der Waals surface area contributed by atoms with Crippen LogP contribution in [0.3, 0.4) is 0 Å². The van der Waals surface area contributed by atoms with E-state index in [9.17, 15) is 34.2 Å². The number of aromatic hydroxyl groups is 1. The molecule has 1 amide bonds. The third-order valence-corrected chi connectivity index (χ3v) is 9.65. The average molecular weight is 599 g/mol. The zero-order chi connectivity index (χ0) is 32.0. The molecule has 0 heterocycles. The fourth-order valence-electron chi connectivity index (χ4n) is 7.50. The second kappa shape index (κ2) is 12.5. The summed E-state index contributed by atoms with van der Waals surface area (Å²) in [5, 5.41) is 23.4. The summed E-state index contributed by atoms with van der Waals surface area (Å²) >= 11 is 0. The van der Waals surface area contributed by atoms with Crippen LogP contribution in [0.15, 0.2) is 6.07 Å². The molecular formula is C32H46N4O7. The topological polar surface area (TPSA) is 162 Å². The lowest BCUT2D eigenvalue weighted by atomic mass is 9.52. The van der Waals surface area contributed by atoms with Gasteiger partial charge in [-0.3, -0.25) is 33.8 Å². The van der Waals surface area contributed by atoms with E-state index in [0.29, 0.717) is 17.7 Å². The van der Waals surface area contributed by atoms with Crippen molar-refractivity contribution in [3.05, 3.63) is 22.8 Å². The van der Waals surface area contributed by atoms with Gasteiger partial charge in [0.05, 0.1) is 17.5 Å². The Kier molecular flexibility index (Phi) is 9.49. The lowest BCUT2D eigenvalue weighted by molar-refractivity contribution is -0.181. The maximum absolute atomic E-state index is 14.3. The number of benzene rings is 1. The van der Waals surface area contributed by atoms with Gasteiger partial charge in [0.15, 0.2) is 34.7 Å². The number of amides is 1. The van der Waals surface area contributed by atoms with Crippen LogP contribution in [0, 0.1) is 23.7 Å². The number of likely N-dealkylation sites (N-methyl/N-ethyl adjacent to an activating group) is 1. The number of carbonyl (C=O) groups excluding carboxylic acids is 5. The third kappa shape index (κ3) is 5.40. The number of anilines is 1. The number of phenols is 1. The summed E-state index contributed by atoms with van der Waals surface area (Å²) in [7, 11) is 6.86. The van der Waals surface area contributed by atoms with Gasteiger partial charge in [0.1, 0.15) is 5.75 Å². The third-order valence-electron chi connectivity index (χ3n) is 9.65. The smallest absolute Gasteiger partial charge is 0.235 e. The first kappa shape index (κ1) is 32.8. The molecule has 0 aromatic heterocycles. The summed E-state index contributed by atoms with van der Waals surface area (Å²) in [4.78, 5) is 73.0. The first-order valence-corrected chi connectivity index (χ1v) is 15.3. The zero-order valence-corrected chi connectivity index (χ0v) is 26.2. The fourth-order valence-corrected chi connectivity index (χ4v) is 7.50. The predicted octanol–water partition coefficient (Wildman–Crippen LogP) is 1.34. The van der Waals surface area contributed by atoms with Crippen LogP contribution in [0.5, 0.6) is 5.75 Å². The summed E-state index contributed by atoms with van der Waals surface area (Å²) in [6, 6.07) is 0.782. The molecular weight excluding hydrogens is 552 g/mol. The van der Waals surface area contributed by atoms with E-state index in [2.05, 4.69) is 18.7 Å². The van der Waals surface area contributed by atoms with E-state index in [1.807, 2.05) is 25.1 Å². The van der Waals surface area contributed by atoms with Crippen molar-refractivity contribution in [2.45, 2.75) is 70.6 Å². The van der Waals surface area contributed by atoms with Gasteiger partial charge in [0, 0.05) is 37.8 Å². The van der Waals surface area contributed by atoms with Crippen LogP contribution in [-0.2, 0) is 32.1 Å². The minimum atomic E-state index is -2.73. The fraction of sp³-hybridized carbons (Fsp3) is 0.656. The largest absolute Gasteiger partial charge is 0.507 e. The molecule has 6 atom stereocenters. The zero-order valence-electron chi connectivity index (χ0n) is 26.2. The van der Waals surface area contributed by atoms with E-state index in [-0.39, 0.29) is 24.2 Å². The second-order valence-corrected chi connectivity index (χ2v) is 12.9. The van der Waals surface area contributed by atoms with Crippen molar-refractivity contribution in [1.29, 1.82) is 0 Å². The molecule has 43 heavy (non-hydrogen) atoms. The van der Waals surface area contributed by atoms with E-state index in [1.54, 1.807) is 14.1 Å². The number of hydrogen-bond acceptors (Lipinski definition) is 10. The van der Waals surface area contributed by atoms with Crippen LogP contribution in [-0.4, -0.2) is 102 Å². The predicted molar refractivity (Wildman–Crippen MR) is 161 cm³/mol. The molecule has 4 N–H and O–H groups in total. The summed E-state index contributed by atoms with van der Waals surface area (Å²) < 4.78 is 0. The van der Waals surface area contributed by atoms with Gasteiger partial charge in [-0.1, -0.05) is 26.7 Å². The van der Waals surface area contributed by atoms with Gasteiger partial charge in [0.25, 0.3) is 0 Å². The minimum absolute atomic E-state index is 0.0289. The Bertz CT molecular complexity index is 1320. The van der Waals surface area contributed by atoms with Crippen LogP contribution in [0.4, 0.5) is 5.69 Å². The van der Waals surface area contributed by atoms with E-state index >= 15 is 0 Å². The van der Waals surface area contributed by atoms with Crippen LogP contribution in [0.25, 0.3) is 0 Å². The highest BCUT2D eigenvalue weighted by Gasteiger charge is 2.69. The summed E-state index contributed by atoms with van der Waals surface area (Å²) in [6.45, 7) is 6.33. The molecule has 0 aliphatic heterocycles. The Morgan fingerprint density at radius 3 is 2.14 bits per heavy atom. The lowest BCUT2D eigenvalue weighted by Gasteiger charge is -2.52. The van der Waals surface area contributed by atoms with Crippen LogP contribution >= 0.6 is 0 Å². The number of nitrogens with two attached hydrogens (primary N) is 1. The molecule has 2 fully saturated rings. The summed E-state index contributed by atoms with van der Waals surface area (Å²) in [6.07, 6.45) is 4.28. The highest BCUT2D eigenvalue weighted by atomic mass is 16.3. The van der Waals surface area contributed by atoms with Gasteiger partial charge in [-0.15, -0.1) is 0 Å².